The third kappa shape index (κ3) is 6.40. The maximum absolute atomic E-state index is 13.4. The van der Waals surface area contributed by atoms with Gasteiger partial charge in [-0.25, -0.2) is 9.89 Å². The average Bonchev–Trinajstić information content (AvgIpc) is 3.26. The van der Waals surface area contributed by atoms with Crippen molar-refractivity contribution in [1.82, 2.24) is 20.1 Å². The van der Waals surface area contributed by atoms with E-state index in [1.54, 1.807) is 18.2 Å². The Bertz CT molecular complexity index is 1210. The lowest BCUT2D eigenvalue weighted by molar-refractivity contribution is -0.143. The van der Waals surface area contributed by atoms with Gasteiger partial charge in [0.05, 0.1) is 36.4 Å². The Labute approximate surface area is 207 Å². The molecule has 13 heteroatoms. The summed E-state index contributed by atoms with van der Waals surface area (Å²) >= 11 is 0. The molecule has 3 aromatic rings. The van der Waals surface area contributed by atoms with Crippen molar-refractivity contribution in [3.05, 3.63) is 87.1 Å². The lowest BCUT2D eigenvalue weighted by Crippen LogP contribution is -2.43. The summed E-state index contributed by atoms with van der Waals surface area (Å²) in [6, 6.07) is 9.75. The minimum atomic E-state index is -5.02. The highest BCUT2D eigenvalue weighted by Gasteiger charge is 2.39. The smallest absolute Gasteiger partial charge is 0.393 e. The Morgan fingerprint density at radius 2 is 1.68 bits per heavy atom. The number of hydrogen-bond donors (Lipinski definition) is 3. The van der Waals surface area contributed by atoms with E-state index in [-0.39, 0.29) is 12.6 Å². The molecule has 1 aliphatic heterocycles. The Morgan fingerprint density at radius 1 is 1.03 bits per heavy atom. The molecule has 0 bridgehead atoms. The summed E-state index contributed by atoms with van der Waals surface area (Å²) in [6.07, 6.45) is -11.1. The van der Waals surface area contributed by atoms with Gasteiger partial charge in [-0.3, -0.25) is 10.00 Å². The van der Waals surface area contributed by atoms with Gasteiger partial charge in [0.2, 0.25) is 0 Å². The number of nitrogens with zero attached hydrogens (tertiary/aromatic N) is 2. The lowest BCUT2D eigenvalue weighted by atomic mass is 9.91. The molecule has 7 nitrogen and oxygen atoms in total. The molecule has 2 heterocycles. The van der Waals surface area contributed by atoms with Gasteiger partial charge in [-0.15, -0.1) is 0 Å². The minimum Gasteiger partial charge on any atom is -0.393 e. The number of hydrogen-bond acceptors (Lipinski definition) is 5. The first-order chi connectivity index (χ1) is 17.5. The van der Waals surface area contributed by atoms with E-state index >= 15 is 0 Å². The summed E-state index contributed by atoms with van der Waals surface area (Å²) in [5.41, 5.74) is -3.15. The summed E-state index contributed by atoms with van der Waals surface area (Å²) in [5.74, 6) is 0.359. The monoisotopic (exact) mass is 530 g/mol. The van der Waals surface area contributed by atoms with E-state index in [2.05, 4.69) is 15.2 Å². The van der Waals surface area contributed by atoms with Crippen molar-refractivity contribution in [3.63, 3.8) is 0 Å². The van der Waals surface area contributed by atoms with Crippen LogP contribution in [0.4, 0.5) is 26.3 Å². The summed E-state index contributed by atoms with van der Waals surface area (Å²) in [4.78, 5) is 17.3. The largest absolute Gasteiger partial charge is 0.416 e. The van der Waals surface area contributed by atoms with Gasteiger partial charge in [0.1, 0.15) is 11.9 Å². The number of halogens is 6. The third-order valence-electron chi connectivity index (χ3n) is 6.21. The maximum Gasteiger partial charge on any atom is 0.416 e. The Balaban J connectivity index is 1.68. The van der Waals surface area contributed by atoms with E-state index in [0.29, 0.717) is 37.3 Å². The van der Waals surface area contributed by atoms with Crippen LogP contribution in [0, 0.1) is 0 Å². The summed E-state index contributed by atoms with van der Waals surface area (Å²) in [5, 5.41) is 15.0. The normalized spacial score (nSPS) is 20.2. The molecule has 0 spiro atoms. The zero-order chi connectivity index (χ0) is 26.8. The average molecular weight is 530 g/mol. The minimum absolute atomic E-state index is 0.0394. The van der Waals surface area contributed by atoms with Crippen LogP contribution < -0.4 is 5.69 Å². The Morgan fingerprint density at radius 3 is 2.22 bits per heavy atom. The quantitative estimate of drug-likeness (QED) is 0.389. The molecule has 0 radical (unpaired) electrons. The van der Waals surface area contributed by atoms with Crippen molar-refractivity contribution in [2.24, 2.45) is 0 Å². The zero-order valence-electron chi connectivity index (χ0n) is 19.3. The molecule has 3 N–H and O–H groups in total. The van der Waals surface area contributed by atoms with E-state index < -0.39 is 59.6 Å². The molecular formula is C24H24F6N4O3. The number of aliphatic hydroxyl groups is 1. The second-order valence-electron chi connectivity index (χ2n) is 8.77. The molecule has 1 aliphatic rings. The van der Waals surface area contributed by atoms with E-state index in [1.807, 2.05) is 17.0 Å². The number of ether oxygens (including phenoxy) is 1. The topological polar surface area (TPSA) is 94.2 Å². The second kappa shape index (κ2) is 10.7. The number of aromatic nitrogens is 3. The van der Waals surface area contributed by atoms with Crippen molar-refractivity contribution >= 4 is 0 Å². The van der Waals surface area contributed by atoms with Gasteiger partial charge in [0.15, 0.2) is 0 Å². The summed E-state index contributed by atoms with van der Waals surface area (Å²) in [6.45, 7) is -0.0487. The van der Waals surface area contributed by atoms with E-state index in [4.69, 9.17) is 4.74 Å². The fourth-order valence-electron chi connectivity index (χ4n) is 4.60. The van der Waals surface area contributed by atoms with E-state index in [1.165, 1.54) is 0 Å². The Hall–Kier alpha value is -3.16. The number of aromatic amines is 2. The van der Waals surface area contributed by atoms with E-state index in [0.717, 1.165) is 5.56 Å². The van der Waals surface area contributed by atoms with Gasteiger partial charge >= 0.3 is 18.0 Å². The highest BCUT2D eigenvalue weighted by atomic mass is 19.4. The van der Waals surface area contributed by atoms with Crippen LogP contribution in [0.2, 0.25) is 0 Å². The highest BCUT2D eigenvalue weighted by Crippen LogP contribution is 2.40. The van der Waals surface area contributed by atoms with Crippen LogP contribution in [-0.2, 0) is 23.6 Å². The molecule has 1 saturated heterocycles. The number of piperidine rings is 1. The summed E-state index contributed by atoms with van der Waals surface area (Å²) in [7, 11) is 0. The molecule has 4 rings (SSSR count). The SMILES string of the molecule is O=c1nc(CN2CCCC(O[C@H](CO)c3cc(C(F)(F)F)cc(C(F)(F)F)c3)C2c2ccccc2)[nH][nH]1. The number of benzene rings is 2. The van der Waals surface area contributed by atoms with Crippen LogP contribution >= 0.6 is 0 Å². The molecule has 1 fully saturated rings. The number of likely N-dealkylation sites (tertiary alicyclic amines) is 1. The predicted octanol–water partition coefficient (Wildman–Crippen LogP) is 4.59. The van der Waals surface area contributed by atoms with Crippen LogP contribution in [0.25, 0.3) is 0 Å². The molecule has 0 saturated carbocycles. The van der Waals surface area contributed by atoms with Crippen molar-refractivity contribution in [2.45, 2.75) is 50.0 Å². The second-order valence-corrected chi connectivity index (χ2v) is 8.77. The van der Waals surface area contributed by atoms with Gasteiger partial charge in [-0.05, 0) is 48.7 Å². The molecule has 3 atom stereocenters. The molecular weight excluding hydrogens is 506 g/mol. The molecule has 0 aliphatic carbocycles. The first-order valence-corrected chi connectivity index (χ1v) is 11.4. The predicted molar refractivity (Wildman–Crippen MR) is 119 cm³/mol. The molecule has 2 aromatic carbocycles. The van der Waals surface area contributed by atoms with Crippen LogP contribution in [0.15, 0.2) is 53.3 Å². The van der Waals surface area contributed by atoms with Crippen molar-refractivity contribution in [3.8, 4) is 0 Å². The molecule has 1 aromatic heterocycles. The van der Waals surface area contributed by atoms with Crippen molar-refractivity contribution in [1.29, 1.82) is 0 Å². The molecule has 2 unspecified atom stereocenters. The third-order valence-corrected chi connectivity index (χ3v) is 6.21. The fourth-order valence-corrected chi connectivity index (χ4v) is 4.60. The van der Waals surface area contributed by atoms with Crippen LogP contribution in [0.5, 0.6) is 0 Å². The van der Waals surface area contributed by atoms with Crippen LogP contribution in [0.1, 0.15) is 53.1 Å². The molecule has 0 amide bonds. The summed E-state index contributed by atoms with van der Waals surface area (Å²) < 4.78 is 86.4. The number of H-pyrrole nitrogens is 2. The van der Waals surface area contributed by atoms with Gasteiger partial charge in [-0.2, -0.15) is 31.3 Å². The van der Waals surface area contributed by atoms with Gasteiger partial charge in [0.25, 0.3) is 0 Å². The lowest BCUT2D eigenvalue weighted by Gasteiger charge is -2.42. The molecule has 200 valence electrons. The number of nitrogens with one attached hydrogen (secondary N) is 2. The highest BCUT2D eigenvalue weighted by molar-refractivity contribution is 5.35. The van der Waals surface area contributed by atoms with Crippen LogP contribution in [-0.4, -0.2) is 44.4 Å². The van der Waals surface area contributed by atoms with Crippen molar-refractivity contribution < 1.29 is 36.2 Å². The maximum atomic E-state index is 13.4. The zero-order valence-corrected chi connectivity index (χ0v) is 19.3. The van der Waals surface area contributed by atoms with Crippen molar-refractivity contribution in [2.75, 3.05) is 13.2 Å². The van der Waals surface area contributed by atoms with Crippen LogP contribution in [0.3, 0.4) is 0 Å². The van der Waals surface area contributed by atoms with E-state index in [9.17, 15) is 36.2 Å². The van der Waals surface area contributed by atoms with Gasteiger partial charge in [0, 0.05) is 0 Å². The molecule has 37 heavy (non-hydrogen) atoms. The first-order valence-electron chi connectivity index (χ1n) is 11.4. The number of rotatable bonds is 7. The fraction of sp³-hybridized carbons (Fsp3) is 0.417. The number of alkyl halides is 6. The van der Waals surface area contributed by atoms with Gasteiger partial charge in [-0.1, -0.05) is 30.3 Å². The Kier molecular flexibility index (Phi) is 7.76. The van der Waals surface area contributed by atoms with Gasteiger partial charge < -0.3 is 9.84 Å². The number of aliphatic hydroxyl groups excluding tert-OH is 1. The first kappa shape index (κ1) is 26.9. The standard InChI is InChI=1S/C24H24F6N4O3/c25-23(26,27)16-9-15(10-17(11-16)24(28,29)30)19(13-35)37-18-7-4-8-34(12-20-31-22(36)33-32-20)21(18)14-5-2-1-3-6-14/h1-3,5-6,9-11,18-19,21,35H,4,7-8,12-13H2,(H2,31,32,33,36)/t18?,19-,21?/m1/s1.